The monoisotopic (exact) mass is 547 g/mol. The maximum Gasteiger partial charge on any atom is 0.269 e. The molecule has 0 N–H and O–H groups in total. The molecule has 1 aliphatic heterocycles. The highest BCUT2D eigenvalue weighted by Gasteiger charge is 2.22. The van der Waals surface area contributed by atoms with E-state index in [4.69, 9.17) is 0 Å². The maximum atomic E-state index is 13.5. The van der Waals surface area contributed by atoms with Gasteiger partial charge in [0.1, 0.15) is 5.82 Å². The summed E-state index contributed by atoms with van der Waals surface area (Å²) in [5.74, 6) is 0.267. The minimum absolute atomic E-state index is 0.0546. The van der Waals surface area contributed by atoms with Gasteiger partial charge in [-0.05, 0) is 55.0 Å². The van der Waals surface area contributed by atoms with Gasteiger partial charge in [0.05, 0.1) is 21.5 Å². The Morgan fingerprint density at radius 1 is 0.949 bits per heavy atom. The van der Waals surface area contributed by atoms with Crippen LogP contribution in [0.15, 0.2) is 82.7 Å². The smallest absolute Gasteiger partial charge is 0.269 e. The minimum Gasteiger partial charge on any atom is -0.368 e. The lowest BCUT2D eigenvalue weighted by Gasteiger charge is -2.36. The van der Waals surface area contributed by atoms with Crippen molar-refractivity contribution in [3.63, 3.8) is 0 Å². The number of hydrogen-bond donors (Lipinski definition) is 0. The topological polar surface area (TPSA) is 102 Å². The van der Waals surface area contributed by atoms with Gasteiger partial charge in [-0.2, -0.15) is 0 Å². The number of fused-ring (bicyclic) bond motifs is 1. The number of anilines is 1. The molecule has 1 aromatic heterocycles. The van der Waals surface area contributed by atoms with Crippen LogP contribution in [0.1, 0.15) is 12.8 Å². The van der Waals surface area contributed by atoms with E-state index in [0.717, 1.165) is 5.69 Å². The first-order chi connectivity index (χ1) is 18.9. The summed E-state index contributed by atoms with van der Waals surface area (Å²) in [6, 6.07) is 19.3. The Labute approximate surface area is 228 Å². The van der Waals surface area contributed by atoms with Gasteiger partial charge in [0.15, 0.2) is 5.16 Å². The van der Waals surface area contributed by atoms with Crippen molar-refractivity contribution in [1.82, 2.24) is 14.5 Å². The number of amides is 1. The van der Waals surface area contributed by atoms with Crippen LogP contribution < -0.4 is 10.5 Å². The number of para-hydroxylation sites is 1. The fourth-order valence-electron chi connectivity index (χ4n) is 4.57. The van der Waals surface area contributed by atoms with Crippen molar-refractivity contribution in [2.45, 2.75) is 18.0 Å². The Balaban J connectivity index is 1.18. The molecule has 1 saturated heterocycles. The fourth-order valence-corrected chi connectivity index (χ4v) is 5.52. The van der Waals surface area contributed by atoms with Crippen molar-refractivity contribution in [3.8, 4) is 5.69 Å². The molecule has 0 aliphatic carbocycles. The van der Waals surface area contributed by atoms with E-state index in [1.54, 1.807) is 42.5 Å². The Bertz CT molecular complexity index is 1550. The predicted octanol–water partition coefficient (Wildman–Crippen LogP) is 4.65. The Morgan fingerprint density at radius 2 is 1.62 bits per heavy atom. The minimum atomic E-state index is -0.420. The van der Waals surface area contributed by atoms with Gasteiger partial charge in [-0.3, -0.25) is 24.3 Å². The number of carbonyl (C=O) groups excluding carboxylic acids is 1. The molecule has 11 heteroatoms. The van der Waals surface area contributed by atoms with Gasteiger partial charge in [-0.1, -0.05) is 23.9 Å². The molecular weight excluding hydrogens is 521 g/mol. The molecule has 0 atom stereocenters. The molecule has 0 radical (unpaired) electrons. The quantitative estimate of drug-likeness (QED) is 0.104. The number of nitro groups is 1. The molecule has 1 amide bonds. The van der Waals surface area contributed by atoms with Crippen LogP contribution >= 0.6 is 11.8 Å². The van der Waals surface area contributed by atoms with E-state index in [-0.39, 0.29) is 23.0 Å². The van der Waals surface area contributed by atoms with E-state index in [1.807, 2.05) is 11.0 Å². The summed E-state index contributed by atoms with van der Waals surface area (Å²) in [5.41, 5.74) is 1.85. The molecule has 9 nitrogen and oxygen atoms in total. The van der Waals surface area contributed by atoms with Crippen molar-refractivity contribution < 1.29 is 14.1 Å². The summed E-state index contributed by atoms with van der Waals surface area (Å²) < 4.78 is 15.0. The number of carbonyl (C=O) groups is 1. The van der Waals surface area contributed by atoms with Gasteiger partial charge in [0, 0.05) is 56.2 Å². The number of non-ortho nitro benzene ring substituents is 1. The molecule has 2 heterocycles. The number of halogens is 1. The Morgan fingerprint density at radius 3 is 2.31 bits per heavy atom. The van der Waals surface area contributed by atoms with Crippen LogP contribution in [-0.4, -0.2) is 57.2 Å². The molecule has 0 bridgehead atoms. The first-order valence-electron chi connectivity index (χ1n) is 12.6. The summed E-state index contributed by atoms with van der Waals surface area (Å²) in [6.45, 7) is 2.48. The van der Waals surface area contributed by atoms with E-state index >= 15 is 0 Å². The highest BCUT2D eigenvalue weighted by Crippen LogP contribution is 2.24. The molecule has 5 rings (SSSR count). The van der Waals surface area contributed by atoms with Gasteiger partial charge in [-0.25, -0.2) is 9.37 Å². The third-order valence-electron chi connectivity index (χ3n) is 6.65. The normalized spacial score (nSPS) is 13.6. The highest BCUT2D eigenvalue weighted by atomic mass is 32.2. The van der Waals surface area contributed by atoms with Crippen LogP contribution in [0.25, 0.3) is 16.6 Å². The maximum absolute atomic E-state index is 13.5. The van der Waals surface area contributed by atoms with Gasteiger partial charge < -0.3 is 9.80 Å². The first kappa shape index (κ1) is 26.4. The summed E-state index contributed by atoms with van der Waals surface area (Å²) in [7, 11) is 0. The Kier molecular flexibility index (Phi) is 7.87. The average Bonchev–Trinajstić information content (AvgIpc) is 2.96. The fraction of sp³-hybridized carbons (Fsp3) is 0.250. The molecule has 4 aromatic rings. The largest absolute Gasteiger partial charge is 0.368 e. The molecule has 3 aromatic carbocycles. The van der Waals surface area contributed by atoms with E-state index in [0.29, 0.717) is 66.5 Å². The van der Waals surface area contributed by atoms with Crippen LogP contribution in [-0.2, 0) is 4.79 Å². The number of piperazine rings is 1. The van der Waals surface area contributed by atoms with Crippen LogP contribution in [0.3, 0.4) is 0 Å². The molecule has 0 saturated carbocycles. The lowest BCUT2D eigenvalue weighted by Crippen LogP contribution is -2.48. The van der Waals surface area contributed by atoms with Crippen molar-refractivity contribution in [2.75, 3.05) is 36.8 Å². The standard InChI is InChI=1S/C28H26FN5O4S/c29-20-7-9-22(10-8-20)33-27(36)24-4-1-2-5-25(24)30-28(33)39-19-3-6-26(35)32-17-15-31(16-18-32)21-11-13-23(14-12-21)34(37)38/h1-2,4-5,7-14H,3,6,15-19H2. The first-order valence-corrected chi connectivity index (χ1v) is 13.6. The van der Waals surface area contributed by atoms with Gasteiger partial charge in [0.2, 0.25) is 5.91 Å². The lowest BCUT2D eigenvalue weighted by atomic mass is 10.2. The summed E-state index contributed by atoms with van der Waals surface area (Å²) in [4.78, 5) is 45.2. The summed E-state index contributed by atoms with van der Waals surface area (Å²) in [6.07, 6.45) is 0.983. The molecule has 1 aliphatic rings. The molecule has 0 spiro atoms. The predicted molar refractivity (Wildman–Crippen MR) is 149 cm³/mol. The van der Waals surface area contributed by atoms with Gasteiger partial charge in [-0.15, -0.1) is 0 Å². The number of nitrogens with zero attached hydrogens (tertiary/aromatic N) is 5. The van der Waals surface area contributed by atoms with Crippen LogP contribution in [0.2, 0.25) is 0 Å². The number of hydrogen-bond acceptors (Lipinski definition) is 7. The summed E-state index contributed by atoms with van der Waals surface area (Å²) >= 11 is 1.40. The second-order valence-electron chi connectivity index (χ2n) is 9.12. The highest BCUT2D eigenvalue weighted by molar-refractivity contribution is 7.99. The lowest BCUT2D eigenvalue weighted by molar-refractivity contribution is -0.384. The zero-order chi connectivity index (χ0) is 27.4. The second kappa shape index (κ2) is 11.6. The number of aromatic nitrogens is 2. The van der Waals surface area contributed by atoms with Crippen molar-refractivity contribution in [3.05, 3.63) is 99.1 Å². The zero-order valence-corrected chi connectivity index (χ0v) is 21.8. The summed E-state index contributed by atoms with van der Waals surface area (Å²) in [5, 5.41) is 11.8. The average molecular weight is 548 g/mol. The molecule has 0 unspecified atom stereocenters. The van der Waals surface area contributed by atoms with E-state index in [9.17, 15) is 24.1 Å². The molecule has 1 fully saturated rings. The van der Waals surface area contributed by atoms with Gasteiger partial charge >= 0.3 is 0 Å². The van der Waals surface area contributed by atoms with E-state index in [2.05, 4.69) is 9.88 Å². The van der Waals surface area contributed by atoms with E-state index in [1.165, 1.54) is 40.6 Å². The molecule has 39 heavy (non-hydrogen) atoms. The third-order valence-corrected chi connectivity index (χ3v) is 7.68. The molecule has 200 valence electrons. The zero-order valence-electron chi connectivity index (χ0n) is 21.0. The Hall–Kier alpha value is -4.25. The van der Waals surface area contributed by atoms with Crippen molar-refractivity contribution in [2.24, 2.45) is 0 Å². The number of rotatable bonds is 8. The van der Waals surface area contributed by atoms with Crippen molar-refractivity contribution >= 4 is 39.9 Å². The molecular formula is C28H26FN5O4S. The van der Waals surface area contributed by atoms with Crippen LogP contribution in [0, 0.1) is 15.9 Å². The van der Waals surface area contributed by atoms with Crippen LogP contribution in [0.4, 0.5) is 15.8 Å². The number of nitro benzene ring substituents is 1. The van der Waals surface area contributed by atoms with Crippen molar-refractivity contribution in [1.29, 1.82) is 0 Å². The van der Waals surface area contributed by atoms with Gasteiger partial charge in [0.25, 0.3) is 11.2 Å². The third kappa shape index (κ3) is 5.93. The SMILES string of the molecule is O=C(CCCSc1nc2ccccc2c(=O)n1-c1ccc(F)cc1)N1CCN(c2ccc([N+](=O)[O-])cc2)CC1. The number of benzene rings is 3. The van der Waals surface area contributed by atoms with E-state index < -0.39 is 4.92 Å². The van der Waals surface area contributed by atoms with Crippen LogP contribution in [0.5, 0.6) is 0 Å². The number of thioether (sulfide) groups is 1. The second-order valence-corrected chi connectivity index (χ2v) is 10.2.